The van der Waals surface area contributed by atoms with Gasteiger partial charge in [0.05, 0.1) is 17.1 Å². The van der Waals surface area contributed by atoms with Gasteiger partial charge < -0.3 is 25.3 Å². The number of benzene rings is 1. The van der Waals surface area contributed by atoms with E-state index in [1.165, 1.54) is 4.90 Å². The third kappa shape index (κ3) is 9.93. The summed E-state index contributed by atoms with van der Waals surface area (Å²) in [5.41, 5.74) is 1.73. The maximum absolute atomic E-state index is 14.2. The Morgan fingerprint density at radius 3 is 2.35 bits per heavy atom. The second-order valence-corrected chi connectivity index (χ2v) is 16.3. The summed E-state index contributed by atoms with van der Waals surface area (Å²) < 4.78 is 27.4. The van der Waals surface area contributed by atoms with Crippen molar-refractivity contribution in [3.63, 3.8) is 0 Å². The number of halogens is 2. The summed E-state index contributed by atoms with van der Waals surface area (Å²) in [7, 11) is 0. The Morgan fingerprint density at radius 2 is 1.62 bits per heavy atom. The van der Waals surface area contributed by atoms with Gasteiger partial charge in [-0.15, -0.1) is 11.3 Å². The van der Waals surface area contributed by atoms with Crippen LogP contribution in [0.15, 0.2) is 30.3 Å². The zero-order chi connectivity index (χ0) is 36.8. The summed E-state index contributed by atoms with van der Waals surface area (Å²) in [6, 6.07) is 9.59. The number of carbonyl (C=O) groups is 5. The van der Waals surface area contributed by atoms with E-state index in [4.69, 9.17) is 4.98 Å². The van der Waals surface area contributed by atoms with Gasteiger partial charge in [0.15, 0.2) is 0 Å². The standard InChI is InChI=1S/C38H50F2N6O5S/c1-25-31-19-35(50)45-16-11-29(17-32(47)41-20-26-5-3-2-4-6-26)30(22-45)18-34(49)46(23-33(48)42-21-27-7-12-38(39,40)13-8-27)24-36(51)44-14-9-28(10-15-44)37(43-31)52-25/h2-6,27-30H,7-24H2,1H3,(H,41,47)(H,42,48)/t29-,30-/m0/s1. The Balaban J connectivity index is 1.19. The van der Waals surface area contributed by atoms with E-state index < -0.39 is 17.7 Å². The van der Waals surface area contributed by atoms with Gasteiger partial charge in [-0.1, -0.05) is 30.3 Å². The normalized spacial score (nSPS) is 23.4. The number of alkyl halides is 2. The number of hydrogen-bond acceptors (Lipinski definition) is 7. The van der Waals surface area contributed by atoms with Gasteiger partial charge in [0.1, 0.15) is 13.1 Å². The van der Waals surface area contributed by atoms with Crippen LogP contribution < -0.4 is 10.6 Å². The van der Waals surface area contributed by atoms with Crippen molar-refractivity contribution in [1.29, 1.82) is 0 Å². The molecule has 2 aromatic rings. The van der Waals surface area contributed by atoms with Crippen molar-refractivity contribution in [3.05, 3.63) is 51.5 Å². The van der Waals surface area contributed by atoms with E-state index in [-0.39, 0.29) is 99.7 Å². The van der Waals surface area contributed by atoms with Gasteiger partial charge in [0, 0.05) is 75.7 Å². The molecule has 52 heavy (non-hydrogen) atoms. The molecule has 2 saturated heterocycles. The molecule has 1 saturated carbocycles. The van der Waals surface area contributed by atoms with Crippen LogP contribution in [0.4, 0.5) is 8.78 Å². The molecule has 11 nitrogen and oxygen atoms in total. The number of rotatable bonds is 8. The zero-order valence-electron chi connectivity index (χ0n) is 29.9. The van der Waals surface area contributed by atoms with Crippen LogP contribution in [0, 0.1) is 24.7 Å². The van der Waals surface area contributed by atoms with Crippen LogP contribution in [0.3, 0.4) is 0 Å². The van der Waals surface area contributed by atoms with E-state index in [0.29, 0.717) is 58.3 Å². The van der Waals surface area contributed by atoms with E-state index in [1.807, 2.05) is 37.3 Å². The Morgan fingerprint density at radius 1 is 0.904 bits per heavy atom. The number of nitrogens with zero attached hydrogens (tertiary/aromatic N) is 4. The van der Waals surface area contributed by atoms with Gasteiger partial charge in [-0.05, 0) is 62.3 Å². The Labute approximate surface area is 307 Å². The number of aromatic nitrogens is 1. The highest BCUT2D eigenvalue weighted by molar-refractivity contribution is 7.11. The molecule has 3 fully saturated rings. The summed E-state index contributed by atoms with van der Waals surface area (Å²) in [5.74, 6) is -4.46. The number of carbonyl (C=O) groups excluding carboxylic acids is 5. The summed E-state index contributed by atoms with van der Waals surface area (Å²) in [4.78, 5) is 78.7. The molecule has 0 radical (unpaired) electrons. The lowest BCUT2D eigenvalue weighted by atomic mass is 9.80. The van der Waals surface area contributed by atoms with Crippen molar-refractivity contribution >= 4 is 40.9 Å². The second kappa shape index (κ2) is 16.8. The molecule has 2 atom stereocenters. The number of fused-ring (bicyclic) bond motifs is 7. The van der Waals surface area contributed by atoms with Crippen LogP contribution in [0.5, 0.6) is 0 Å². The number of aryl methyl sites for hydroxylation is 1. The van der Waals surface area contributed by atoms with Gasteiger partial charge >= 0.3 is 0 Å². The Hall–Kier alpha value is -3.94. The van der Waals surface area contributed by atoms with E-state index in [0.717, 1.165) is 21.1 Å². The molecule has 1 aliphatic carbocycles. The molecule has 1 aromatic heterocycles. The van der Waals surface area contributed by atoms with Crippen LogP contribution in [0.2, 0.25) is 0 Å². The van der Waals surface area contributed by atoms with Crippen LogP contribution in [-0.2, 0) is 36.9 Å². The summed E-state index contributed by atoms with van der Waals surface area (Å²) in [5, 5.41) is 6.79. The van der Waals surface area contributed by atoms with Gasteiger partial charge in [-0.2, -0.15) is 0 Å². The highest BCUT2D eigenvalue weighted by Gasteiger charge is 2.38. The lowest BCUT2D eigenvalue weighted by Gasteiger charge is -2.39. The average Bonchev–Trinajstić information content (AvgIpc) is 3.50. The molecular formula is C38H50F2N6O5S. The molecule has 2 N–H and O–H groups in total. The molecule has 7 rings (SSSR count). The number of piperidine rings is 2. The van der Waals surface area contributed by atoms with Crippen LogP contribution in [0.1, 0.15) is 84.8 Å². The molecule has 6 bridgehead atoms. The van der Waals surface area contributed by atoms with Gasteiger partial charge in [-0.25, -0.2) is 13.8 Å². The predicted octanol–water partition coefficient (Wildman–Crippen LogP) is 4.05. The fourth-order valence-electron chi connectivity index (χ4n) is 7.97. The molecule has 1 aromatic carbocycles. The highest BCUT2D eigenvalue weighted by atomic mass is 32.1. The predicted molar refractivity (Wildman–Crippen MR) is 191 cm³/mol. The largest absolute Gasteiger partial charge is 0.354 e. The van der Waals surface area contributed by atoms with Gasteiger partial charge in [0.25, 0.3) is 0 Å². The minimum absolute atomic E-state index is 0.0410. The Kier molecular flexibility index (Phi) is 12.2. The first kappa shape index (κ1) is 37.8. The van der Waals surface area contributed by atoms with Crippen molar-refractivity contribution in [2.75, 3.05) is 45.8 Å². The Bertz CT molecular complexity index is 1600. The minimum Gasteiger partial charge on any atom is -0.354 e. The first-order valence-electron chi connectivity index (χ1n) is 18.7. The van der Waals surface area contributed by atoms with Gasteiger partial charge in [0.2, 0.25) is 35.5 Å². The van der Waals surface area contributed by atoms with E-state index in [2.05, 4.69) is 10.6 Å². The SMILES string of the molecule is Cc1sc2nc1CC(=O)N1CC[C@@H](CC(=O)NCc3ccccc3)[C@@H](CC(=O)N(CC(=O)NCC3CCC(F)(F)CC3)CC(=O)N3CCC2CC3)C1. The number of nitrogens with one attached hydrogen (secondary N) is 2. The highest BCUT2D eigenvalue weighted by Crippen LogP contribution is 2.36. The number of thiazole rings is 1. The maximum Gasteiger partial charge on any atom is 0.248 e. The molecule has 0 spiro atoms. The third-order valence-corrected chi connectivity index (χ3v) is 12.5. The molecular weight excluding hydrogens is 691 g/mol. The first-order chi connectivity index (χ1) is 24.9. The smallest absolute Gasteiger partial charge is 0.248 e. The van der Waals surface area contributed by atoms with Crippen molar-refractivity contribution < 1.29 is 32.8 Å². The average molecular weight is 741 g/mol. The molecule has 5 amide bonds. The fraction of sp³-hybridized carbons (Fsp3) is 0.632. The van der Waals surface area contributed by atoms with Crippen LogP contribution >= 0.6 is 11.3 Å². The van der Waals surface area contributed by atoms with Crippen molar-refractivity contribution in [2.24, 2.45) is 17.8 Å². The maximum atomic E-state index is 14.2. The van der Waals surface area contributed by atoms with E-state index in [1.54, 1.807) is 21.1 Å². The summed E-state index contributed by atoms with van der Waals surface area (Å²) >= 11 is 1.61. The third-order valence-electron chi connectivity index (χ3n) is 11.3. The molecule has 0 unspecified atom stereocenters. The molecule has 5 heterocycles. The summed E-state index contributed by atoms with van der Waals surface area (Å²) in [6.45, 7) is 3.68. The van der Waals surface area contributed by atoms with Crippen molar-refractivity contribution in [3.8, 4) is 0 Å². The van der Waals surface area contributed by atoms with E-state index >= 15 is 0 Å². The fourth-order valence-corrected chi connectivity index (χ4v) is 9.08. The molecule has 14 heteroatoms. The van der Waals surface area contributed by atoms with Crippen LogP contribution in [-0.4, -0.2) is 101 Å². The monoisotopic (exact) mass is 740 g/mol. The number of hydrogen-bond donors (Lipinski definition) is 2. The second-order valence-electron chi connectivity index (χ2n) is 15.1. The molecule has 282 valence electrons. The zero-order valence-corrected chi connectivity index (χ0v) is 30.7. The molecule has 5 aliphatic rings. The lowest BCUT2D eigenvalue weighted by molar-refractivity contribution is -0.145. The van der Waals surface area contributed by atoms with Crippen molar-refractivity contribution in [2.45, 2.75) is 89.5 Å². The lowest BCUT2D eigenvalue weighted by Crippen LogP contribution is -2.51. The van der Waals surface area contributed by atoms with Crippen LogP contribution in [0.25, 0.3) is 0 Å². The van der Waals surface area contributed by atoms with Crippen molar-refractivity contribution in [1.82, 2.24) is 30.3 Å². The molecule has 4 aliphatic heterocycles. The first-order valence-corrected chi connectivity index (χ1v) is 19.5. The topological polar surface area (TPSA) is 132 Å². The van der Waals surface area contributed by atoms with Gasteiger partial charge in [-0.3, -0.25) is 24.0 Å². The quantitative estimate of drug-likeness (QED) is 0.420. The summed E-state index contributed by atoms with van der Waals surface area (Å²) in [6.07, 6.45) is 2.45. The number of amides is 5. The van der Waals surface area contributed by atoms with E-state index in [9.17, 15) is 32.8 Å². The minimum atomic E-state index is -2.67.